The lowest BCUT2D eigenvalue weighted by Crippen LogP contribution is -2.44. The minimum atomic E-state index is -0.544. The summed E-state index contributed by atoms with van der Waals surface area (Å²) in [6.45, 7) is 6.07. The molecule has 2 fully saturated rings. The quantitative estimate of drug-likeness (QED) is 0.848. The van der Waals surface area contributed by atoms with Gasteiger partial charge in [-0.25, -0.2) is 4.39 Å². The summed E-state index contributed by atoms with van der Waals surface area (Å²) in [4.78, 5) is 16.6. The Morgan fingerprint density at radius 3 is 2.57 bits per heavy atom. The summed E-state index contributed by atoms with van der Waals surface area (Å²) >= 11 is 5.74. The number of morpholine rings is 1. The molecule has 0 atom stereocenters. The number of rotatable bonds is 3. The number of amides is 1. The van der Waals surface area contributed by atoms with E-state index in [0.29, 0.717) is 24.0 Å². The van der Waals surface area contributed by atoms with Crippen molar-refractivity contribution in [2.75, 3.05) is 45.9 Å². The van der Waals surface area contributed by atoms with E-state index >= 15 is 0 Å². The number of ether oxygens (including phenoxy) is 1. The largest absolute Gasteiger partial charge is 0.379 e. The Labute approximate surface area is 141 Å². The van der Waals surface area contributed by atoms with Gasteiger partial charge in [0.1, 0.15) is 5.82 Å². The smallest absolute Gasteiger partial charge is 0.256 e. The summed E-state index contributed by atoms with van der Waals surface area (Å²) in [5, 5.41) is 0.309. The number of nitrogens with zero attached hydrogens (tertiary/aromatic N) is 2. The van der Waals surface area contributed by atoms with E-state index in [2.05, 4.69) is 4.90 Å². The third kappa shape index (κ3) is 4.22. The molecule has 1 aromatic rings. The lowest BCUT2D eigenvalue weighted by Gasteiger charge is -2.36. The number of piperidine rings is 1. The van der Waals surface area contributed by atoms with Crippen molar-refractivity contribution in [3.8, 4) is 0 Å². The maximum Gasteiger partial charge on any atom is 0.256 e. The highest BCUT2D eigenvalue weighted by atomic mass is 35.5. The third-order valence-electron chi connectivity index (χ3n) is 4.68. The first-order valence-corrected chi connectivity index (χ1v) is 8.55. The standard InChI is InChI=1S/C17H22ClFN2O2/c18-14-1-2-15(16(19)11-14)17(22)21-5-3-13(4-6-21)12-20-7-9-23-10-8-20/h1-2,11,13H,3-10,12H2. The van der Waals surface area contributed by atoms with Crippen molar-refractivity contribution < 1.29 is 13.9 Å². The van der Waals surface area contributed by atoms with Crippen molar-refractivity contribution in [3.05, 3.63) is 34.6 Å². The molecule has 2 aliphatic rings. The van der Waals surface area contributed by atoms with Gasteiger partial charge in [0, 0.05) is 37.7 Å². The molecule has 4 nitrogen and oxygen atoms in total. The lowest BCUT2D eigenvalue weighted by molar-refractivity contribution is 0.0242. The highest BCUT2D eigenvalue weighted by Crippen LogP contribution is 2.22. The third-order valence-corrected chi connectivity index (χ3v) is 4.92. The molecular formula is C17H22ClFN2O2. The van der Waals surface area contributed by atoms with Crippen molar-refractivity contribution in [2.45, 2.75) is 12.8 Å². The van der Waals surface area contributed by atoms with Gasteiger partial charge in [-0.2, -0.15) is 0 Å². The van der Waals surface area contributed by atoms with Gasteiger partial charge in [0.15, 0.2) is 0 Å². The zero-order chi connectivity index (χ0) is 16.2. The first kappa shape index (κ1) is 16.7. The molecule has 2 aliphatic heterocycles. The van der Waals surface area contributed by atoms with E-state index in [0.717, 1.165) is 45.7 Å². The maximum absolute atomic E-state index is 13.9. The minimum Gasteiger partial charge on any atom is -0.379 e. The molecule has 0 aliphatic carbocycles. The summed E-state index contributed by atoms with van der Waals surface area (Å²) in [7, 11) is 0. The highest BCUT2D eigenvalue weighted by Gasteiger charge is 2.26. The van der Waals surface area contributed by atoms with Crippen LogP contribution in [0.1, 0.15) is 23.2 Å². The fraction of sp³-hybridized carbons (Fsp3) is 0.588. The second kappa shape index (κ2) is 7.60. The molecule has 2 heterocycles. The van der Waals surface area contributed by atoms with Crippen LogP contribution in [0, 0.1) is 11.7 Å². The Kier molecular flexibility index (Phi) is 5.51. The van der Waals surface area contributed by atoms with Crippen molar-refractivity contribution in [1.82, 2.24) is 9.80 Å². The second-order valence-electron chi connectivity index (χ2n) is 6.27. The van der Waals surface area contributed by atoms with E-state index in [4.69, 9.17) is 16.3 Å². The van der Waals surface area contributed by atoms with Crippen LogP contribution in [0.25, 0.3) is 0 Å². The van der Waals surface area contributed by atoms with E-state index in [1.165, 1.54) is 12.1 Å². The lowest BCUT2D eigenvalue weighted by atomic mass is 9.95. The van der Waals surface area contributed by atoms with Crippen LogP contribution in [0.4, 0.5) is 4.39 Å². The van der Waals surface area contributed by atoms with Gasteiger partial charge in [-0.05, 0) is 37.0 Å². The molecule has 126 valence electrons. The molecule has 0 aromatic heterocycles. The van der Waals surface area contributed by atoms with Crippen LogP contribution in [0.2, 0.25) is 5.02 Å². The number of halogens is 2. The van der Waals surface area contributed by atoms with E-state index in [1.54, 1.807) is 11.0 Å². The fourth-order valence-corrected chi connectivity index (χ4v) is 3.46. The first-order chi connectivity index (χ1) is 11.1. The summed E-state index contributed by atoms with van der Waals surface area (Å²) in [5.74, 6) is -0.172. The summed E-state index contributed by atoms with van der Waals surface area (Å²) in [6.07, 6.45) is 1.94. The zero-order valence-electron chi connectivity index (χ0n) is 13.1. The van der Waals surface area contributed by atoms with Crippen LogP contribution >= 0.6 is 11.6 Å². The summed E-state index contributed by atoms with van der Waals surface area (Å²) < 4.78 is 19.3. The number of hydrogen-bond acceptors (Lipinski definition) is 3. The molecule has 0 unspecified atom stereocenters. The Morgan fingerprint density at radius 1 is 1.22 bits per heavy atom. The zero-order valence-corrected chi connectivity index (χ0v) is 13.9. The molecule has 6 heteroatoms. The SMILES string of the molecule is O=C(c1ccc(Cl)cc1F)N1CCC(CN2CCOCC2)CC1. The van der Waals surface area contributed by atoms with Gasteiger partial charge in [0.2, 0.25) is 0 Å². The van der Waals surface area contributed by atoms with Gasteiger partial charge in [0.05, 0.1) is 18.8 Å². The summed E-state index contributed by atoms with van der Waals surface area (Å²) in [6, 6.07) is 4.23. The Balaban J connectivity index is 1.52. The van der Waals surface area contributed by atoms with Crippen molar-refractivity contribution in [1.29, 1.82) is 0 Å². The molecule has 2 saturated heterocycles. The highest BCUT2D eigenvalue weighted by molar-refractivity contribution is 6.30. The molecule has 0 radical (unpaired) electrons. The molecule has 0 bridgehead atoms. The van der Waals surface area contributed by atoms with Crippen LogP contribution < -0.4 is 0 Å². The molecule has 23 heavy (non-hydrogen) atoms. The van der Waals surface area contributed by atoms with E-state index in [1.807, 2.05) is 0 Å². The van der Waals surface area contributed by atoms with Crippen LogP contribution in [0.5, 0.6) is 0 Å². The summed E-state index contributed by atoms with van der Waals surface area (Å²) in [5.41, 5.74) is 0.112. The van der Waals surface area contributed by atoms with Crippen molar-refractivity contribution in [2.24, 2.45) is 5.92 Å². The normalized spacial score (nSPS) is 20.7. The van der Waals surface area contributed by atoms with Gasteiger partial charge in [0.25, 0.3) is 5.91 Å². The predicted octanol–water partition coefficient (Wildman–Crippen LogP) is 2.66. The second-order valence-corrected chi connectivity index (χ2v) is 6.71. The molecule has 1 aromatic carbocycles. The fourth-order valence-electron chi connectivity index (χ4n) is 3.30. The van der Waals surface area contributed by atoms with Crippen LogP contribution in [-0.2, 0) is 4.74 Å². The van der Waals surface area contributed by atoms with Crippen molar-refractivity contribution >= 4 is 17.5 Å². The number of carbonyl (C=O) groups is 1. The van der Waals surface area contributed by atoms with Crippen molar-refractivity contribution in [3.63, 3.8) is 0 Å². The topological polar surface area (TPSA) is 32.8 Å². The molecule has 0 spiro atoms. The average Bonchev–Trinajstić information content (AvgIpc) is 2.56. The van der Waals surface area contributed by atoms with Crippen LogP contribution in [0.3, 0.4) is 0 Å². The molecule has 0 N–H and O–H groups in total. The Hall–Kier alpha value is -1.17. The van der Waals surface area contributed by atoms with Gasteiger partial charge in [-0.1, -0.05) is 11.6 Å². The number of carbonyl (C=O) groups excluding carboxylic acids is 1. The molecule has 1 amide bonds. The van der Waals surface area contributed by atoms with Gasteiger partial charge in [-0.15, -0.1) is 0 Å². The average molecular weight is 341 g/mol. The number of likely N-dealkylation sites (tertiary alicyclic amines) is 1. The predicted molar refractivity (Wildman–Crippen MR) is 87.3 cm³/mol. The maximum atomic E-state index is 13.9. The van der Waals surface area contributed by atoms with Gasteiger partial charge >= 0.3 is 0 Å². The van der Waals surface area contributed by atoms with Gasteiger partial charge < -0.3 is 9.64 Å². The van der Waals surface area contributed by atoms with Gasteiger partial charge in [-0.3, -0.25) is 9.69 Å². The molecular weight excluding hydrogens is 319 g/mol. The van der Waals surface area contributed by atoms with E-state index < -0.39 is 5.82 Å². The van der Waals surface area contributed by atoms with E-state index in [9.17, 15) is 9.18 Å². The van der Waals surface area contributed by atoms with Crippen LogP contribution in [-0.4, -0.2) is 61.6 Å². The Bertz CT molecular complexity index is 556. The number of hydrogen-bond donors (Lipinski definition) is 0. The monoisotopic (exact) mass is 340 g/mol. The number of benzene rings is 1. The Morgan fingerprint density at radius 2 is 1.91 bits per heavy atom. The first-order valence-electron chi connectivity index (χ1n) is 8.18. The minimum absolute atomic E-state index is 0.112. The van der Waals surface area contributed by atoms with Crippen LogP contribution in [0.15, 0.2) is 18.2 Å². The van der Waals surface area contributed by atoms with E-state index in [-0.39, 0.29) is 11.5 Å². The molecule has 3 rings (SSSR count). The molecule has 0 saturated carbocycles.